The van der Waals surface area contributed by atoms with Gasteiger partial charge in [0.05, 0.1) is 11.4 Å². The third-order valence-electron chi connectivity index (χ3n) is 4.40. The van der Waals surface area contributed by atoms with Gasteiger partial charge in [-0.25, -0.2) is 0 Å². The van der Waals surface area contributed by atoms with Crippen molar-refractivity contribution in [3.05, 3.63) is 95.8 Å². The van der Waals surface area contributed by atoms with Crippen LogP contribution in [0.4, 0.5) is 5.69 Å². The lowest BCUT2D eigenvalue weighted by atomic mass is 10.1. The van der Waals surface area contributed by atoms with E-state index in [1.54, 1.807) is 16.4 Å². The topological polar surface area (TPSA) is 72.7 Å². The molecule has 0 atom stereocenters. The highest BCUT2D eigenvalue weighted by atomic mass is 32.2. The van der Waals surface area contributed by atoms with Gasteiger partial charge in [0.25, 0.3) is 5.91 Å². The predicted molar refractivity (Wildman–Crippen MR) is 114 cm³/mol. The molecule has 144 valence electrons. The Bertz CT molecular complexity index is 1110. The standard InChI is InChI=1S/C22H19N5OS/c1-16-7-5-6-10-20(16)22(28)23-17-11-13-19(14-12-17)29-15-21-24-25-26-27(21)18-8-3-2-4-9-18/h2-14H,15H2,1H3,(H,23,28). The molecule has 0 fully saturated rings. The number of aromatic nitrogens is 4. The zero-order valence-electron chi connectivity index (χ0n) is 15.8. The second-order valence-corrected chi connectivity index (χ2v) is 7.47. The van der Waals surface area contributed by atoms with Gasteiger partial charge in [-0.1, -0.05) is 36.4 Å². The first-order valence-corrected chi connectivity index (χ1v) is 10.1. The Kier molecular flexibility index (Phi) is 5.67. The predicted octanol–water partition coefficient (Wildman–Crippen LogP) is 4.52. The number of benzene rings is 3. The molecule has 0 spiro atoms. The molecule has 7 heteroatoms. The van der Waals surface area contributed by atoms with Crippen molar-refractivity contribution >= 4 is 23.4 Å². The Hall–Kier alpha value is -3.45. The number of nitrogens with one attached hydrogen (secondary N) is 1. The molecule has 0 unspecified atom stereocenters. The number of carbonyl (C=O) groups excluding carboxylic acids is 1. The maximum Gasteiger partial charge on any atom is 0.255 e. The minimum atomic E-state index is -0.106. The van der Waals surface area contributed by atoms with Crippen molar-refractivity contribution in [3.63, 3.8) is 0 Å². The molecule has 0 bridgehead atoms. The van der Waals surface area contributed by atoms with Gasteiger partial charge in [-0.2, -0.15) is 4.68 Å². The number of nitrogens with zero attached hydrogens (tertiary/aromatic N) is 4. The number of para-hydroxylation sites is 1. The van der Waals surface area contributed by atoms with Crippen molar-refractivity contribution < 1.29 is 4.79 Å². The Labute approximate surface area is 173 Å². The Balaban J connectivity index is 1.39. The van der Waals surface area contributed by atoms with Crippen molar-refractivity contribution in [1.82, 2.24) is 20.2 Å². The molecule has 0 aliphatic carbocycles. The fourth-order valence-electron chi connectivity index (χ4n) is 2.87. The molecule has 1 amide bonds. The van der Waals surface area contributed by atoms with E-state index in [4.69, 9.17) is 0 Å². The molecular formula is C22H19N5OS. The molecule has 1 aromatic heterocycles. The second-order valence-electron chi connectivity index (χ2n) is 6.42. The average molecular weight is 401 g/mol. The van der Waals surface area contributed by atoms with E-state index in [1.807, 2.05) is 85.8 Å². The Morgan fingerprint density at radius 2 is 1.69 bits per heavy atom. The van der Waals surface area contributed by atoms with Gasteiger partial charge >= 0.3 is 0 Å². The number of hydrogen-bond donors (Lipinski definition) is 1. The summed E-state index contributed by atoms with van der Waals surface area (Å²) in [5.41, 5.74) is 3.33. The molecule has 29 heavy (non-hydrogen) atoms. The largest absolute Gasteiger partial charge is 0.322 e. The van der Waals surface area contributed by atoms with E-state index >= 15 is 0 Å². The summed E-state index contributed by atoms with van der Waals surface area (Å²) < 4.78 is 1.74. The van der Waals surface area contributed by atoms with Gasteiger partial charge in [-0.15, -0.1) is 16.9 Å². The maximum atomic E-state index is 12.4. The average Bonchev–Trinajstić information content (AvgIpc) is 3.23. The number of thioether (sulfide) groups is 1. The van der Waals surface area contributed by atoms with Gasteiger partial charge in [0.2, 0.25) is 0 Å². The van der Waals surface area contributed by atoms with E-state index in [0.29, 0.717) is 11.3 Å². The monoisotopic (exact) mass is 401 g/mol. The first kappa shape index (κ1) is 18.9. The second kappa shape index (κ2) is 8.70. The van der Waals surface area contributed by atoms with Crippen molar-refractivity contribution in [2.45, 2.75) is 17.6 Å². The summed E-state index contributed by atoms with van der Waals surface area (Å²) >= 11 is 1.64. The number of hydrogen-bond acceptors (Lipinski definition) is 5. The molecule has 0 saturated carbocycles. The summed E-state index contributed by atoms with van der Waals surface area (Å²) in [4.78, 5) is 13.5. The normalized spacial score (nSPS) is 10.7. The number of tetrazole rings is 1. The van der Waals surface area contributed by atoms with Crippen LogP contribution < -0.4 is 5.32 Å². The minimum Gasteiger partial charge on any atom is -0.322 e. The number of anilines is 1. The van der Waals surface area contributed by atoms with E-state index in [2.05, 4.69) is 20.8 Å². The summed E-state index contributed by atoms with van der Waals surface area (Å²) in [6.07, 6.45) is 0. The van der Waals surface area contributed by atoms with Crippen LogP contribution in [-0.2, 0) is 5.75 Å². The molecular weight excluding hydrogens is 382 g/mol. The van der Waals surface area contributed by atoms with Crippen LogP contribution in [0.1, 0.15) is 21.7 Å². The Morgan fingerprint density at radius 3 is 2.45 bits per heavy atom. The third-order valence-corrected chi connectivity index (χ3v) is 5.41. The van der Waals surface area contributed by atoms with Gasteiger partial charge in [0.1, 0.15) is 0 Å². The minimum absolute atomic E-state index is 0.106. The van der Waals surface area contributed by atoms with Crippen LogP contribution in [0.2, 0.25) is 0 Å². The highest BCUT2D eigenvalue weighted by Gasteiger charge is 2.10. The van der Waals surface area contributed by atoms with Gasteiger partial charge < -0.3 is 5.32 Å². The highest BCUT2D eigenvalue weighted by molar-refractivity contribution is 7.98. The number of rotatable bonds is 6. The lowest BCUT2D eigenvalue weighted by Gasteiger charge is -2.08. The number of aryl methyl sites for hydroxylation is 1. The lowest BCUT2D eigenvalue weighted by molar-refractivity contribution is 0.102. The lowest BCUT2D eigenvalue weighted by Crippen LogP contribution is -2.13. The van der Waals surface area contributed by atoms with Gasteiger partial charge in [-0.05, 0) is 65.4 Å². The van der Waals surface area contributed by atoms with Crippen LogP contribution in [0, 0.1) is 6.92 Å². The molecule has 3 aromatic carbocycles. The molecule has 6 nitrogen and oxygen atoms in total. The summed E-state index contributed by atoms with van der Waals surface area (Å²) in [6.45, 7) is 1.93. The Morgan fingerprint density at radius 1 is 0.966 bits per heavy atom. The highest BCUT2D eigenvalue weighted by Crippen LogP contribution is 2.24. The quantitative estimate of drug-likeness (QED) is 0.481. The van der Waals surface area contributed by atoms with Crippen LogP contribution in [-0.4, -0.2) is 26.1 Å². The van der Waals surface area contributed by atoms with E-state index in [0.717, 1.165) is 27.7 Å². The maximum absolute atomic E-state index is 12.4. The van der Waals surface area contributed by atoms with Crippen molar-refractivity contribution in [2.75, 3.05) is 5.32 Å². The summed E-state index contributed by atoms with van der Waals surface area (Å²) in [5.74, 6) is 1.31. The molecule has 0 aliphatic heterocycles. The fourth-order valence-corrected chi connectivity index (χ4v) is 3.68. The molecule has 4 aromatic rings. The molecule has 0 saturated heterocycles. The third kappa shape index (κ3) is 4.52. The molecule has 4 rings (SSSR count). The van der Waals surface area contributed by atoms with Crippen molar-refractivity contribution in [2.24, 2.45) is 0 Å². The number of carbonyl (C=O) groups is 1. The first-order valence-electron chi connectivity index (χ1n) is 9.13. The zero-order chi connectivity index (χ0) is 20.1. The molecule has 0 radical (unpaired) electrons. The van der Waals surface area contributed by atoms with Crippen molar-refractivity contribution in [3.8, 4) is 5.69 Å². The van der Waals surface area contributed by atoms with Gasteiger partial charge in [0, 0.05) is 16.1 Å². The smallest absolute Gasteiger partial charge is 0.255 e. The van der Waals surface area contributed by atoms with Crippen LogP contribution in [0.15, 0.2) is 83.8 Å². The molecule has 0 aliphatic rings. The van der Waals surface area contributed by atoms with Gasteiger partial charge in [-0.3, -0.25) is 4.79 Å². The molecule has 1 heterocycles. The van der Waals surface area contributed by atoms with Crippen LogP contribution in [0.5, 0.6) is 0 Å². The van der Waals surface area contributed by atoms with E-state index in [9.17, 15) is 4.79 Å². The number of amides is 1. The van der Waals surface area contributed by atoms with Crippen molar-refractivity contribution in [1.29, 1.82) is 0 Å². The van der Waals surface area contributed by atoms with Crippen LogP contribution in [0.3, 0.4) is 0 Å². The van der Waals surface area contributed by atoms with E-state index < -0.39 is 0 Å². The summed E-state index contributed by atoms with van der Waals surface area (Å²) in [7, 11) is 0. The summed E-state index contributed by atoms with van der Waals surface area (Å²) in [5, 5.41) is 14.9. The SMILES string of the molecule is Cc1ccccc1C(=O)Nc1ccc(SCc2nnnn2-c2ccccc2)cc1. The fraction of sp³-hybridized carbons (Fsp3) is 0.0909. The summed E-state index contributed by atoms with van der Waals surface area (Å²) in [6, 6.07) is 25.1. The molecule has 1 N–H and O–H groups in total. The van der Waals surface area contributed by atoms with Gasteiger partial charge in [0.15, 0.2) is 5.82 Å². The van der Waals surface area contributed by atoms with E-state index in [1.165, 1.54) is 0 Å². The van der Waals surface area contributed by atoms with Crippen LogP contribution >= 0.6 is 11.8 Å². The van der Waals surface area contributed by atoms with E-state index in [-0.39, 0.29) is 5.91 Å². The van der Waals surface area contributed by atoms with Crippen LogP contribution in [0.25, 0.3) is 5.69 Å². The zero-order valence-corrected chi connectivity index (χ0v) is 16.6. The first-order chi connectivity index (χ1) is 14.2.